The van der Waals surface area contributed by atoms with Crippen molar-refractivity contribution in [3.63, 3.8) is 0 Å². The number of para-hydroxylation sites is 1. The lowest BCUT2D eigenvalue weighted by Gasteiger charge is -2.25. The van der Waals surface area contributed by atoms with Crippen molar-refractivity contribution in [2.45, 2.75) is 27.2 Å². The summed E-state index contributed by atoms with van der Waals surface area (Å²) in [7, 11) is 0. The highest BCUT2D eigenvalue weighted by atomic mass is 16.5. The molecular formula is C25H29N3O4. The molecule has 0 saturated heterocycles. The second-order valence-corrected chi connectivity index (χ2v) is 7.37. The van der Waals surface area contributed by atoms with Crippen LogP contribution in [0.5, 0.6) is 0 Å². The molecule has 168 valence electrons. The van der Waals surface area contributed by atoms with Gasteiger partial charge in [-0.3, -0.25) is 19.3 Å². The fraction of sp³-hybridized carbons (Fsp3) is 0.320. The third-order valence-electron chi connectivity index (χ3n) is 5.17. The Kier molecular flexibility index (Phi) is 7.78. The molecular weight excluding hydrogens is 406 g/mol. The van der Waals surface area contributed by atoms with Crippen LogP contribution in [0, 0.1) is 0 Å². The Hall–Kier alpha value is -3.45. The second kappa shape index (κ2) is 10.7. The predicted molar refractivity (Wildman–Crippen MR) is 125 cm³/mol. The van der Waals surface area contributed by atoms with Gasteiger partial charge in [-0.15, -0.1) is 0 Å². The summed E-state index contributed by atoms with van der Waals surface area (Å²) in [6.07, 6.45) is 0.574. The van der Waals surface area contributed by atoms with Crippen molar-refractivity contribution in [1.82, 2.24) is 4.90 Å². The number of benzene rings is 2. The van der Waals surface area contributed by atoms with E-state index in [1.165, 1.54) is 11.8 Å². The molecule has 0 aromatic heterocycles. The molecule has 1 aliphatic heterocycles. The number of nitrogens with one attached hydrogen (secondary N) is 1. The maximum atomic E-state index is 13.5. The van der Waals surface area contributed by atoms with Crippen LogP contribution >= 0.6 is 0 Å². The van der Waals surface area contributed by atoms with E-state index in [-0.39, 0.29) is 17.7 Å². The van der Waals surface area contributed by atoms with Crippen molar-refractivity contribution in [2.24, 2.45) is 0 Å². The summed E-state index contributed by atoms with van der Waals surface area (Å²) in [5.74, 6) is -0.798. The third-order valence-corrected chi connectivity index (χ3v) is 5.17. The van der Waals surface area contributed by atoms with Gasteiger partial charge in [-0.05, 0) is 50.1 Å². The normalized spacial score (nSPS) is 13.7. The van der Waals surface area contributed by atoms with E-state index in [1.807, 2.05) is 49.1 Å². The number of hydrogen-bond donors (Lipinski definition) is 1. The van der Waals surface area contributed by atoms with E-state index in [4.69, 9.17) is 4.74 Å². The van der Waals surface area contributed by atoms with E-state index in [0.717, 1.165) is 5.69 Å². The lowest BCUT2D eigenvalue weighted by molar-refractivity contribution is -0.137. The van der Waals surface area contributed by atoms with Crippen LogP contribution < -0.4 is 10.2 Å². The molecule has 2 aromatic rings. The first kappa shape index (κ1) is 23.2. The van der Waals surface area contributed by atoms with Gasteiger partial charge >= 0.3 is 0 Å². The average Bonchev–Trinajstić information content (AvgIpc) is 3.03. The van der Waals surface area contributed by atoms with Crippen molar-refractivity contribution in [3.8, 4) is 0 Å². The Morgan fingerprint density at radius 3 is 2.28 bits per heavy atom. The van der Waals surface area contributed by atoms with Crippen molar-refractivity contribution in [2.75, 3.05) is 36.5 Å². The molecule has 0 atom stereocenters. The lowest BCUT2D eigenvalue weighted by atomic mass is 10.0. The van der Waals surface area contributed by atoms with Gasteiger partial charge in [-0.25, -0.2) is 0 Å². The van der Waals surface area contributed by atoms with E-state index >= 15 is 0 Å². The van der Waals surface area contributed by atoms with Gasteiger partial charge in [0.05, 0.1) is 5.57 Å². The first-order valence-corrected chi connectivity index (χ1v) is 10.9. The van der Waals surface area contributed by atoms with Crippen LogP contribution in [0.2, 0.25) is 0 Å². The molecule has 7 heteroatoms. The minimum atomic E-state index is -0.317. The summed E-state index contributed by atoms with van der Waals surface area (Å²) in [6.45, 7) is 7.20. The number of likely N-dealkylation sites (N-methyl/N-ethyl adjacent to an activating group) is 1. The fourth-order valence-electron chi connectivity index (χ4n) is 3.75. The number of rotatable bonds is 10. The van der Waals surface area contributed by atoms with Gasteiger partial charge in [-0.2, -0.15) is 0 Å². The predicted octanol–water partition coefficient (Wildman–Crippen LogP) is 3.68. The number of carbonyl (C=O) groups is 3. The van der Waals surface area contributed by atoms with Gasteiger partial charge in [0.2, 0.25) is 5.91 Å². The largest absolute Gasteiger partial charge is 0.382 e. The molecule has 32 heavy (non-hydrogen) atoms. The van der Waals surface area contributed by atoms with Gasteiger partial charge in [0.1, 0.15) is 5.70 Å². The summed E-state index contributed by atoms with van der Waals surface area (Å²) in [5, 5.41) is 2.72. The number of nitrogens with zero attached hydrogens (tertiary/aromatic N) is 2. The summed E-state index contributed by atoms with van der Waals surface area (Å²) in [6, 6.07) is 16.5. The highest BCUT2D eigenvalue weighted by molar-refractivity contribution is 6.36. The molecule has 1 aliphatic rings. The number of imide groups is 1. The zero-order valence-electron chi connectivity index (χ0n) is 18.8. The number of amides is 3. The Morgan fingerprint density at radius 1 is 1.00 bits per heavy atom. The van der Waals surface area contributed by atoms with Gasteiger partial charge in [0.25, 0.3) is 11.8 Å². The monoisotopic (exact) mass is 435 g/mol. The first-order valence-electron chi connectivity index (χ1n) is 10.9. The molecule has 7 nitrogen and oxygen atoms in total. The molecule has 0 saturated carbocycles. The summed E-state index contributed by atoms with van der Waals surface area (Å²) < 4.78 is 5.38. The zero-order valence-corrected chi connectivity index (χ0v) is 18.8. The van der Waals surface area contributed by atoms with E-state index in [2.05, 4.69) is 5.32 Å². The van der Waals surface area contributed by atoms with Crippen LogP contribution in [0.15, 0.2) is 60.3 Å². The van der Waals surface area contributed by atoms with Crippen LogP contribution in [-0.2, 0) is 19.1 Å². The number of carbonyl (C=O) groups excluding carboxylic acids is 3. The van der Waals surface area contributed by atoms with E-state index in [0.29, 0.717) is 55.2 Å². The third kappa shape index (κ3) is 5.06. The van der Waals surface area contributed by atoms with Crippen molar-refractivity contribution in [3.05, 3.63) is 65.9 Å². The zero-order chi connectivity index (χ0) is 23.1. The Bertz CT molecular complexity index is 1000. The highest BCUT2D eigenvalue weighted by Gasteiger charge is 2.41. The molecule has 0 radical (unpaired) electrons. The topological polar surface area (TPSA) is 79.0 Å². The molecule has 0 bridgehead atoms. The quantitative estimate of drug-likeness (QED) is 0.455. The fourth-order valence-corrected chi connectivity index (χ4v) is 3.75. The van der Waals surface area contributed by atoms with E-state index < -0.39 is 0 Å². The lowest BCUT2D eigenvalue weighted by Crippen LogP contribution is -2.36. The number of ether oxygens (including phenoxy) is 1. The number of anilines is 2. The molecule has 3 rings (SSSR count). The van der Waals surface area contributed by atoms with Crippen LogP contribution in [0.3, 0.4) is 0 Å². The van der Waals surface area contributed by atoms with E-state index in [9.17, 15) is 14.4 Å². The number of hydrogen-bond acceptors (Lipinski definition) is 5. The maximum absolute atomic E-state index is 13.5. The molecule has 1 N–H and O–H groups in total. The average molecular weight is 436 g/mol. The van der Waals surface area contributed by atoms with Crippen molar-refractivity contribution < 1.29 is 19.1 Å². The van der Waals surface area contributed by atoms with Crippen LogP contribution in [0.1, 0.15) is 32.8 Å². The Labute approximate surface area is 188 Å². The Balaban J connectivity index is 2.02. The standard InChI is InChI=1S/C25H29N3O4/c1-4-27(21-10-7-6-8-11-21)23-22(19-12-14-20(15-13-19)26-18(3)29)24(30)28(25(23)31)16-9-17-32-5-2/h6-8,10-15H,4-5,9,16-17H2,1-3H3,(H,26,29). The molecule has 3 amide bonds. The van der Waals surface area contributed by atoms with Crippen molar-refractivity contribution in [1.29, 1.82) is 0 Å². The summed E-state index contributed by atoms with van der Waals surface area (Å²) >= 11 is 0. The minimum Gasteiger partial charge on any atom is -0.382 e. The molecule has 0 unspecified atom stereocenters. The second-order valence-electron chi connectivity index (χ2n) is 7.37. The summed E-state index contributed by atoms with van der Waals surface area (Å²) in [4.78, 5) is 41.4. The van der Waals surface area contributed by atoms with Gasteiger partial charge in [0, 0.05) is 44.6 Å². The maximum Gasteiger partial charge on any atom is 0.278 e. The first-order chi connectivity index (χ1) is 15.5. The van der Waals surface area contributed by atoms with E-state index in [1.54, 1.807) is 24.3 Å². The highest BCUT2D eigenvalue weighted by Crippen LogP contribution is 2.34. The molecule has 2 aromatic carbocycles. The smallest absolute Gasteiger partial charge is 0.278 e. The van der Waals surface area contributed by atoms with Crippen LogP contribution in [-0.4, -0.2) is 48.9 Å². The van der Waals surface area contributed by atoms with Gasteiger partial charge < -0.3 is 15.0 Å². The minimum absolute atomic E-state index is 0.175. The van der Waals surface area contributed by atoms with Crippen molar-refractivity contribution >= 4 is 34.7 Å². The Morgan fingerprint density at radius 2 is 1.69 bits per heavy atom. The van der Waals surface area contributed by atoms with Gasteiger partial charge in [-0.1, -0.05) is 30.3 Å². The van der Waals surface area contributed by atoms with Gasteiger partial charge in [0.15, 0.2) is 0 Å². The molecule has 0 spiro atoms. The van der Waals surface area contributed by atoms with Crippen LogP contribution in [0.4, 0.5) is 11.4 Å². The molecule has 1 heterocycles. The SMILES string of the molecule is CCOCCCN1C(=O)C(c2ccc(NC(C)=O)cc2)=C(N(CC)c2ccccc2)C1=O. The summed E-state index contributed by atoms with van der Waals surface area (Å²) in [5.41, 5.74) is 2.84. The molecule has 0 aliphatic carbocycles. The molecule has 0 fully saturated rings. The van der Waals surface area contributed by atoms with Crippen LogP contribution in [0.25, 0.3) is 5.57 Å².